The second-order valence-electron chi connectivity index (χ2n) is 6.94. The fourth-order valence-electron chi connectivity index (χ4n) is 3.38. The van der Waals surface area contributed by atoms with E-state index < -0.39 is 16.1 Å². The Balaban J connectivity index is 1.86. The first-order valence-electron chi connectivity index (χ1n) is 9.55. The SMILES string of the molecule is CC[C@H](NC(=O)[C@@H](C)N(c1ccc2c(c1)OCCO2)S(C)(=O)=O)c1ccccc1. The molecule has 7 nitrogen and oxygen atoms in total. The van der Waals surface area contributed by atoms with Gasteiger partial charge in [-0.05, 0) is 31.0 Å². The Hall–Kier alpha value is -2.74. The van der Waals surface area contributed by atoms with Crippen molar-refractivity contribution in [3.05, 3.63) is 54.1 Å². The molecular weight excluding hydrogens is 392 g/mol. The van der Waals surface area contributed by atoms with Gasteiger partial charge in [0.05, 0.1) is 18.0 Å². The summed E-state index contributed by atoms with van der Waals surface area (Å²) in [5.41, 5.74) is 1.33. The highest BCUT2D eigenvalue weighted by Gasteiger charge is 2.31. The van der Waals surface area contributed by atoms with Crippen molar-refractivity contribution in [3.63, 3.8) is 0 Å². The molecule has 3 rings (SSSR count). The standard InChI is InChI=1S/C21H26N2O5S/c1-4-18(16-8-6-5-7-9-16)22-21(24)15(2)23(29(3,25)26)17-10-11-19-20(14-17)28-13-12-27-19/h5-11,14-15,18H,4,12-13H2,1-3H3,(H,22,24)/t15-,18+/m1/s1. The molecular formula is C21H26N2O5S. The summed E-state index contributed by atoms with van der Waals surface area (Å²) in [4.78, 5) is 13.0. The van der Waals surface area contributed by atoms with Crippen molar-refractivity contribution in [1.29, 1.82) is 0 Å². The topological polar surface area (TPSA) is 84.9 Å². The first-order chi connectivity index (χ1) is 13.8. The number of hydrogen-bond acceptors (Lipinski definition) is 5. The van der Waals surface area contributed by atoms with Gasteiger partial charge < -0.3 is 14.8 Å². The van der Waals surface area contributed by atoms with Crippen molar-refractivity contribution in [1.82, 2.24) is 5.32 Å². The van der Waals surface area contributed by atoms with Gasteiger partial charge in [0.15, 0.2) is 11.5 Å². The molecule has 156 valence electrons. The van der Waals surface area contributed by atoms with Gasteiger partial charge in [-0.1, -0.05) is 37.3 Å². The molecule has 1 heterocycles. The minimum atomic E-state index is -3.72. The molecule has 29 heavy (non-hydrogen) atoms. The van der Waals surface area contributed by atoms with Crippen LogP contribution in [0.15, 0.2) is 48.5 Å². The Morgan fingerprint density at radius 3 is 2.38 bits per heavy atom. The number of nitrogens with zero attached hydrogens (tertiary/aromatic N) is 1. The van der Waals surface area contributed by atoms with Gasteiger partial charge in [-0.15, -0.1) is 0 Å². The fraction of sp³-hybridized carbons (Fsp3) is 0.381. The Morgan fingerprint density at radius 2 is 1.76 bits per heavy atom. The summed E-state index contributed by atoms with van der Waals surface area (Å²) in [6.07, 6.45) is 1.77. The van der Waals surface area contributed by atoms with Crippen LogP contribution in [0.1, 0.15) is 31.9 Å². The average molecular weight is 419 g/mol. The van der Waals surface area contributed by atoms with E-state index in [0.717, 1.165) is 16.1 Å². The number of fused-ring (bicyclic) bond motifs is 1. The Morgan fingerprint density at radius 1 is 1.10 bits per heavy atom. The van der Waals surface area contributed by atoms with Gasteiger partial charge in [0.2, 0.25) is 15.9 Å². The maximum absolute atomic E-state index is 13.0. The zero-order chi connectivity index (χ0) is 21.0. The number of hydrogen-bond donors (Lipinski definition) is 1. The van der Waals surface area contributed by atoms with Crippen LogP contribution in [-0.2, 0) is 14.8 Å². The van der Waals surface area contributed by atoms with Crippen LogP contribution in [0, 0.1) is 0 Å². The van der Waals surface area contributed by atoms with Crippen molar-refractivity contribution in [3.8, 4) is 11.5 Å². The van der Waals surface area contributed by atoms with Crippen LogP contribution < -0.4 is 19.1 Å². The third-order valence-electron chi connectivity index (χ3n) is 4.80. The van der Waals surface area contributed by atoms with E-state index in [1.165, 1.54) is 0 Å². The van der Waals surface area contributed by atoms with E-state index in [1.807, 2.05) is 37.3 Å². The molecule has 0 unspecified atom stereocenters. The van der Waals surface area contributed by atoms with Crippen molar-refractivity contribution in [2.24, 2.45) is 0 Å². The largest absolute Gasteiger partial charge is 0.486 e. The predicted octanol–water partition coefficient (Wildman–Crippen LogP) is 2.88. The average Bonchev–Trinajstić information content (AvgIpc) is 2.71. The lowest BCUT2D eigenvalue weighted by Gasteiger charge is -2.30. The fourth-order valence-corrected chi connectivity index (χ4v) is 4.54. The number of benzene rings is 2. The van der Waals surface area contributed by atoms with Gasteiger partial charge in [-0.3, -0.25) is 9.10 Å². The van der Waals surface area contributed by atoms with E-state index in [9.17, 15) is 13.2 Å². The molecule has 0 saturated heterocycles. The first kappa shape index (κ1) is 21.0. The van der Waals surface area contributed by atoms with Crippen LogP contribution in [0.3, 0.4) is 0 Å². The third kappa shape index (κ3) is 4.82. The van der Waals surface area contributed by atoms with E-state index in [0.29, 0.717) is 36.8 Å². The molecule has 1 N–H and O–H groups in total. The lowest BCUT2D eigenvalue weighted by molar-refractivity contribution is -0.122. The molecule has 0 spiro atoms. The van der Waals surface area contributed by atoms with Crippen LogP contribution in [0.5, 0.6) is 11.5 Å². The molecule has 1 aliphatic heterocycles. The summed E-state index contributed by atoms with van der Waals surface area (Å²) in [7, 11) is -3.72. The van der Waals surface area contributed by atoms with Crippen molar-refractivity contribution in [2.45, 2.75) is 32.4 Å². The lowest BCUT2D eigenvalue weighted by Crippen LogP contribution is -2.48. The van der Waals surface area contributed by atoms with Crippen LogP contribution in [0.25, 0.3) is 0 Å². The van der Waals surface area contributed by atoms with Gasteiger partial charge in [0, 0.05) is 6.07 Å². The normalized spacial score (nSPS) is 15.3. The number of amides is 1. The number of ether oxygens (including phenoxy) is 2. The summed E-state index contributed by atoms with van der Waals surface area (Å²) in [5.74, 6) is 0.646. The molecule has 0 bridgehead atoms. The molecule has 0 aromatic heterocycles. The van der Waals surface area contributed by atoms with Gasteiger partial charge in [0.25, 0.3) is 0 Å². The summed E-state index contributed by atoms with van der Waals surface area (Å²) in [5, 5.41) is 2.97. The van der Waals surface area contributed by atoms with Gasteiger partial charge in [-0.25, -0.2) is 8.42 Å². The Labute approximate surface area is 171 Å². The van der Waals surface area contributed by atoms with Gasteiger partial charge in [-0.2, -0.15) is 0 Å². The lowest BCUT2D eigenvalue weighted by atomic mass is 10.0. The second-order valence-corrected chi connectivity index (χ2v) is 8.80. The maximum Gasteiger partial charge on any atom is 0.244 e. The molecule has 2 aromatic rings. The molecule has 0 saturated carbocycles. The van der Waals surface area contributed by atoms with Crippen molar-refractivity contribution in [2.75, 3.05) is 23.8 Å². The molecule has 1 aliphatic rings. The zero-order valence-electron chi connectivity index (χ0n) is 16.8. The van der Waals surface area contributed by atoms with Gasteiger partial charge >= 0.3 is 0 Å². The predicted molar refractivity (Wildman–Crippen MR) is 112 cm³/mol. The van der Waals surface area contributed by atoms with Gasteiger partial charge in [0.1, 0.15) is 19.3 Å². The molecule has 1 amide bonds. The highest BCUT2D eigenvalue weighted by Crippen LogP contribution is 2.35. The Bertz CT molecular complexity index is 962. The van der Waals surface area contributed by atoms with E-state index in [4.69, 9.17) is 9.47 Å². The number of rotatable bonds is 7. The van der Waals surface area contributed by atoms with E-state index in [1.54, 1.807) is 25.1 Å². The number of carbonyl (C=O) groups excluding carboxylic acids is 1. The Kier molecular flexibility index (Phi) is 6.32. The minimum absolute atomic E-state index is 0.201. The number of nitrogens with one attached hydrogen (secondary N) is 1. The molecule has 0 aliphatic carbocycles. The quantitative estimate of drug-likeness (QED) is 0.747. The number of carbonyl (C=O) groups is 1. The minimum Gasteiger partial charge on any atom is -0.486 e. The maximum atomic E-state index is 13.0. The molecule has 0 fully saturated rings. The highest BCUT2D eigenvalue weighted by atomic mass is 32.2. The zero-order valence-corrected chi connectivity index (χ0v) is 17.6. The van der Waals surface area contributed by atoms with E-state index in [2.05, 4.69) is 5.32 Å². The van der Waals surface area contributed by atoms with E-state index in [-0.39, 0.29) is 11.9 Å². The molecule has 2 aromatic carbocycles. The van der Waals surface area contributed by atoms with Crippen molar-refractivity contribution >= 4 is 21.6 Å². The smallest absolute Gasteiger partial charge is 0.244 e. The van der Waals surface area contributed by atoms with Crippen LogP contribution in [0.2, 0.25) is 0 Å². The summed E-state index contributed by atoms with van der Waals surface area (Å²) in [6.45, 7) is 4.38. The van der Waals surface area contributed by atoms with Crippen LogP contribution >= 0.6 is 0 Å². The number of sulfonamides is 1. The molecule has 0 radical (unpaired) electrons. The summed E-state index contributed by atoms with van der Waals surface area (Å²) < 4.78 is 37.3. The van der Waals surface area contributed by atoms with Crippen LogP contribution in [0.4, 0.5) is 5.69 Å². The summed E-state index contributed by atoms with van der Waals surface area (Å²) in [6, 6.07) is 13.3. The van der Waals surface area contributed by atoms with Crippen molar-refractivity contribution < 1.29 is 22.7 Å². The highest BCUT2D eigenvalue weighted by molar-refractivity contribution is 7.92. The van der Waals surface area contributed by atoms with Crippen LogP contribution in [-0.4, -0.2) is 39.8 Å². The third-order valence-corrected chi connectivity index (χ3v) is 6.04. The number of anilines is 1. The summed E-state index contributed by atoms with van der Waals surface area (Å²) >= 11 is 0. The first-order valence-corrected chi connectivity index (χ1v) is 11.4. The molecule has 8 heteroatoms. The monoisotopic (exact) mass is 418 g/mol. The molecule has 2 atom stereocenters. The van der Waals surface area contributed by atoms with E-state index >= 15 is 0 Å². The second kappa shape index (κ2) is 8.73.